The maximum Gasteiger partial charge on any atom is 0.158 e. The number of fused-ring (bicyclic) bond motifs is 3. The molecular weight excluding hydrogens is 597 g/mol. The number of nitrogens with one attached hydrogen (secondary N) is 1. The van der Waals surface area contributed by atoms with Gasteiger partial charge in [0.1, 0.15) is 5.58 Å². The van der Waals surface area contributed by atoms with Gasteiger partial charge in [-0.05, 0) is 64.6 Å². The van der Waals surface area contributed by atoms with Crippen molar-refractivity contribution < 1.29 is 4.42 Å². The SMILES string of the molecule is CC(C)(C)c1ccc(N(c2cccc(Nc3cccc4c3oc3ccccc34)c2)c2c(-c3ccccc3)cccc2-c2ccccc2)cc1. The Hall–Kier alpha value is -6.06. The summed E-state index contributed by atoms with van der Waals surface area (Å²) in [7, 11) is 0. The number of hydrogen-bond acceptors (Lipinski definition) is 3. The zero-order valence-corrected chi connectivity index (χ0v) is 28.0. The van der Waals surface area contributed by atoms with Gasteiger partial charge in [-0.25, -0.2) is 0 Å². The molecule has 49 heavy (non-hydrogen) atoms. The predicted molar refractivity (Wildman–Crippen MR) is 208 cm³/mol. The zero-order chi connectivity index (χ0) is 33.4. The smallest absolute Gasteiger partial charge is 0.158 e. The van der Waals surface area contributed by atoms with Crippen LogP contribution in [-0.4, -0.2) is 0 Å². The van der Waals surface area contributed by atoms with Crippen molar-refractivity contribution in [3.8, 4) is 22.3 Å². The first-order valence-electron chi connectivity index (χ1n) is 16.9. The van der Waals surface area contributed by atoms with Gasteiger partial charge in [-0.1, -0.05) is 148 Å². The maximum absolute atomic E-state index is 6.37. The van der Waals surface area contributed by atoms with Crippen LogP contribution in [0.1, 0.15) is 26.3 Å². The van der Waals surface area contributed by atoms with E-state index in [0.717, 1.165) is 72.6 Å². The number of hydrogen-bond donors (Lipinski definition) is 1. The van der Waals surface area contributed by atoms with Gasteiger partial charge in [0.25, 0.3) is 0 Å². The van der Waals surface area contributed by atoms with Crippen LogP contribution in [-0.2, 0) is 5.41 Å². The van der Waals surface area contributed by atoms with Crippen molar-refractivity contribution >= 4 is 50.4 Å². The zero-order valence-electron chi connectivity index (χ0n) is 28.0. The molecule has 0 saturated carbocycles. The highest BCUT2D eigenvalue weighted by atomic mass is 16.3. The standard InChI is InChI=1S/C46H38N2O/c1-46(2,3)34-27-29-36(30-28-34)48(44-38(32-15-6-4-7-16-32)22-13-23-39(44)33-17-8-5-9-18-33)37-20-12-19-35(31-37)47-42-25-14-24-41-40-21-10-11-26-43(40)49-45(41)42/h4-31,47H,1-3H3. The molecule has 7 aromatic carbocycles. The summed E-state index contributed by atoms with van der Waals surface area (Å²) in [6, 6.07) is 60.2. The van der Waals surface area contributed by atoms with E-state index in [0.29, 0.717) is 0 Å². The van der Waals surface area contributed by atoms with Gasteiger partial charge in [0.05, 0.1) is 11.4 Å². The van der Waals surface area contributed by atoms with E-state index in [1.165, 1.54) is 5.56 Å². The molecule has 8 rings (SSSR count). The van der Waals surface area contributed by atoms with Gasteiger partial charge < -0.3 is 14.6 Å². The van der Waals surface area contributed by atoms with E-state index in [1.807, 2.05) is 12.1 Å². The van der Waals surface area contributed by atoms with Gasteiger partial charge in [-0.2, -0.15) is 0 Å². The van der Waals surface area contributed by atoms with Crippen molar-refractivity contribution in [1.29, 1.82) is 0 Å². The lowest BCUT2D eigenvalue weighted by Gasteiger charge is -2.31. The normalized spacial score (nSPS) is 11.6. The van der Waals surface area contributed by atoms with Crippen LogP contribution in [0.25, 0.3) is 44.2 Å². The topological polar surface area (TPSA) is 28.4 Å². The van der Waals surface area contributed by atoms with E-state index >= 15 is 0 Å². The summed E-state index contributed by atoms with van der Waals surface area (Å²) < 4.78 is 6.37. The quantitative estimate of drug-likeness (QED) is 0.189. The van der Waals surface area contributed by atoms with Crippen molar-refractivity contribution in [2.45, 2.75) is 26.2 Å². The predicted octanol–water partition coefficient (Wildman–Crippen LogP) is 13.4. The third-order valence-corrected chi connectivity index (χ3v) is 9.21. The molecule has 0 aliphatic carbocycles. The Labute approximate surface area is 288 Å². The molecule has 0 atom stereocenters. The number of benzene rings is 7. The highest BCUT2D eigenvalue weighted by Gasteiger charge is 2.23. The van der Waals surface area contributed by atoms with Crippen molar-refractivity contribution in [2.75, 3.05) is 10.2 Å². The minimum atomic E-state index is 0.0437. The second-order valence-electron chi connectivity index (χ2n) is 13.5. The van der Waals surface area contributed by atoms with Gasteiger partial charge >= 0.3 is 0 Å². The van der Waals surface area contributed by atoms with E-state index in [-0.39, 0.29) is 5.41 Å². The van der Waals surface area contributed by atoms with E-state index < -0.39 is 0 Å². The second-order valence-corrected chi connectivity index (χ2v) is 13.5. The second kappa shape index (κ2) is 12.5. The van der Waals surface area contributed by atoms with E-state index in [2.05, 4.69) is 189 Å². The molecule has 0 radical (unpaired) electrons. The minimum Gasteiger partial charge on any atom is -0.454 e. The number of para-hydroxylation sites is 3. The monoisotopic (exact) mass is 634 g/mol. The third-order valence-electron chi connectivity index (χ3n) is 9.21. The summed E-state index contributed by atoms with van der Waals surface area (Å²) in [5.41, 5.74) is 12.9. The Morgan fingerprint density at radius 3 is 1.78 bits per heavy atom. The Kier molecular flexibility index (Phi) is 7.74. The molecule has 0 aliphatic heterocycles. The van der Waals surface area contributed by atoms with Crippen molar-refractivity contribution in [3.63, 3.8) is 0 Å². The molecule has 0 spiro atoms. The average Bonchev–Trinajstić information content (AvgIpc) is 3.52. The lowest BCUT2D eigenvalue weighted by molar-refractivity contribution is 0.590. The van der Waals surface area contributed by atoms with Gasteiger partial charge in [0.2, 0.25) is 0 Å². The van der Waals surface area contributed by atoms with Crippen molar-refractivity contribution in [1.82, 2.24) is 0 Å². The first-order valence-corrected chi connectivity index (χ1v) is 16.9. The van der Waals surface area contributed by atoms with Gasteiger partial charge in [-0.15, -0.1) is 0 Å². The molecule has 3 heteroatoms. The lowest BCUT2D eigenvalue weighted by Crippen LogP contribution is -2.14. The molecule has 0 bridgehead atoms. The van der Waals surface area contributed by atoms with Crippen molar-refractivity contribution in [3.05, 3.63) is 175 Å². The molecule has 1 heterocycles. The number of anilines is 5. The molecule has 0 aliphatic rings. The fourth-order valence-electron chi connectivity index (χ4n) is 6.73. The van der Waals surface area contributed by atoms with Gasteiger partial charge in [0, 0.05) is 39.0 Å². The number of rotatable bonds is 7. The molecular formula is C46H38N2O. The van der Waals surface area contributed by atoms with Crippen LogP contribution in [0.15, 0.2) is 174 Å². The first kappa shape index (κ1) is 30.3. The fraction of sp³-hybridized carbons (Fsp3) is 0.0870. The maximum atomic E-state index is 6.37. The molecule has 238 valence electrons. The van der Waals surface area contributed by atoms with Crippen molar-refractivity contribution in [2.24, 2.45) is 0 Å². The Bertz CT molecular complexity index is 2330. The third kappa shape index (κ3) is 5.85. The summed E-state index contributed by atoms with van der Waals surface area (Å²) in [4.78, 5) is 2.41. The summed E-state index contributed by atoms with van der Waals surface area (Å²) in [5, 5.41) is 5.92. The highest BCUT2D eigenvalue weighted by Crippen LogP contribution is 2.47. The number of furan rings is 1. The summed E-state index contributed by atoms with van der Waals surface area (Å²) in [6.07, 6.45) is 0. The Morgan fingerprint density at radius 2 is 1.10 bits per heavy atom. The van der Waals surface area contributed by atoms with Crippen LogP contribution in [0, 0.1) is 0 Å². The molecule has 0 saturated heterocycles. The summed E-state index contributed by atoms with van der Waals surface area (Å²) in [6.45, 7) is 6.78. The van der Waals surface area contributed by atoms with Crippen LogP contribution in [0.3, 0.4) is 0 Å². The van der Waals surface area contributed by atoms with Crippen LogP contribution in [0.4, 0.5) is 28.4 Å². The van der Waals surface area contributed by atoms with E-state index in [9.17, 15) is 0 Å². The first-order chi connectivity index (χ1) is 23.9. The fourth-order valence-corrected chi connectivity index (χ4v) is 6.73. The molecule has 1 aromatic heterocycles. The van der Waals surface area contributed by atoms with E-state index in [1.54, 1.807) is 0 Å². The summed E-state index contributed by atoms with van der Waals surface area (Å²) in [5.74, 6) is 0. The average molecular weight is 635 g/mol. The highest BCUT2D eigenvalue weighted by molar-refractivity contribution is 6.09. The minimum absolute atomic E-state index is 0.0437. The van der Waals surface area contributed by atoms with Gasteiger partial charge in [-0.3, -0.25) is 0 Å². The Balaban J connectivity index is 1.32. The van der Waals surface area contributed by atoms with E-state index in [4.69, 9.17) is 4.42 Å². The summed E-state index contributed by atoms with van der Waals surface area (Å²) >= 11 is 0. The molecule has 3 nitrogen and oxygen atoms in total. The number of nitrogens with zero attached hydrogens (tertiary/aromatic N) is 1. The van der Waals surface area contributed by atoms with Crippen LogP contribution in [0.5, 0.6) is 0 Å². The molecule has 8 aromatic rings. The molecule has 0 fully saturated rings. The van der Waals surface area contributed by atoms with Crippen LogP contribution < -0.4 is 10.2 Å². The molecule has 1 N–H and O–H groups in total. The van der Waals surface area contributed by atoms with Crippen LogP contribution in [0.2, 0.25) is 0 Å². The Morgan fingerprint density at radius 1 is 0.510 bits per heavy atom. The molecule has 0 unspecified atom stereocenters. The molecule has 0 amide bonds. The lowest BCUT2D eigenvalue weighted by atomic mass is 9.87. The largest absolute Gasteiger partial charge is 0.454 e. The van der Waals surface area contributed by atoms with Gasteiger partial charge in [0.15, 0.2) is 5.58 Å². The van der Waals surface area contributed by atoms with Crippen LogP contribution >= 0.6 is 0 Å².